The summed E-state index contributed by atoms with van der Waals surface area (Å²) in [4.78, 5) is 0. The number of anilines is 1. The molecule has 0 saturated carbocycles. The van der Waals surface area contributed by atoms with Gasteiger partial charge in [-0.05, 0) is 24.5 Å². The molecule has 0 radical (unpaired) electrons. The van der Waals surface area contributed by atoms with E-state index in [2.05, 4.69) is 25.2 Å². The second kappa shape index (κ2) is 6.46. The van der Waals surface area contributed by atoms with Gasteiger partial charge in [-0.25, -0.2) is 0 Å². The van der Waals surface area contributed by atoms with Crippen LogP contribution >= 0.6 is 0 Å². The highest BCUT2D eigenvalue weighted by molar-refractivity contribution is 5.46. The van der Waals surface area contributed by atoms with Crippen molar-refractivity contribution >= 4 is 5.69 Å². The molecular formula is C13H22N2. The van der Waals surface area contributed by atoms with Crippen LogP contribution in [0.4, 0.5) is 5.69 Å². The topological polar surface area (TPSA) is 38.0 Å². The number of nitrogens with one attached hydrogen (secondary N) is 1. The fraction of sp³-hybridized carbons (Fsp3) is 0.538. The summed E-state index contributed by atoms with van der Waals surface area (Å²) in [6, 6.07) is 8.67. The summed E-state index contributed by atoms with van der Waals surface area (Å²) in [6.07, 6.45) is 3.65. The van der Waals surface area contributed by atoms with Crippen molar-refractivity contribution in [2.45, 2.75) is 45.7 Å². The maximum atomic E-state index is 5.88. The number of benzene rings is 1. The Balaban J connectivity index is 2.45. The minimum absolute atomic E-state index is 0.620. The molecule has 1 atom stereocenters. The Morgan fingerprint density at radius 3 is 2.60 bits per heavy atom. The van der Waals surface area contributed by atoms with Crippen molar-refractivity contribution in [1.29, 1.82) is 0 Å². The molecule has 1 aromatic rings. The van der Waals surface area contributed by atoms with Crippen molar-refractivity contribution < 1.29 is 0 Å². The summed E-state index contributed by atoms with van der Waals surface area (Å²) < 4.78 is 0. The first-order chi connectivity index (χ1) is 7.27. The maximum absolute atomic E-state index is 5.88. The van der Waals surface area contributed by atoms with Gasteiger partial charge in [0.15, 0.2) is 0 Å². The van der Waals surface area contributed by atoms with Gasteiger partial charge in [-0.2, -0.15) is 0 Å². The van der Waals surface area contributed by atoms with Crippen LogP contribution in [-0.2, 0) is 6.54 Å². The smallest absolute Gasteiger partial charge is 0.0359 e. The lowest BCUT2D eigenvalue weighted by Gasteiger charge is -2.16. The Morgan fingerprint density at radius 1 is 1.27 bits per heavy atom. The average Bonchev–Trinajstić information content (AvgIpc) is 2.26. The Labute approximate surface area is 92.9 Å². The minimum atomic E-state index is 0.620. The number of hydrogen-bond donors (Lipinski definition) is 2. The molecule has 1 unspecified atom stereocenters. The van der Waals surface area contributed by atoms with E-state index < -0.39 is 0 Å². The lowest BCUT2D eigenvalue weighted by Crippen LogP contribution is -2.27. The van der Waals surface area contributed by atoms with E-state index in [1.807, 2.05) is 18.2 Å². The van der Waals surface area contributed by atoms with E-state index in [0.29, 0.717) is 6.04 Å². The zero-order valence-electron chi connectivity index (χ0n) is 9.79. The van der Waals surface area contributed by atoms with E-state index in [-0.39, 0.29) is 0 Å². The lowest BCUT2D eigenvalue weighted by molar-refractivity contribution is 0.463. The fourth-order valence-electron chi connectivity index (χ4n) is 1.75. The molecule has 1 rings (SSSR count). The van der Waals surface area contributed by atoms with Crippen LogP contribution in [0.2, 0.25) is 0 Å². The van der Waals surface area contributed by atoms with Gasteiger partial charge in [0.25, 0.3) is 0 Å². The largest absolute Gasteiger partial charge is 0.398 e. The van der Waals surface area contributed by atoms with Crippen molar-refractivity contribution in [3.63, 3.8) is 0 Å². The van der Waals surface area contributed by atoms with Crippen molar-refractivity contribution in [1.82, 2.24) is 5.32 Å². The predicted octanol–water partition coefficient (Wildman–Crippen LogP) is 2.94. The number of nitrogens with two attached hydrogens (primary N) is 1. The van der Waals surface area contributed by atoms with E-state index in [1.165, 1.54) is 24.8 Å². The molecule has 0 saturated heterocycles. The zero-order valence-corrected chi connectivity index (χ0v) is 9.79. The van der Waals surface area contributed by atoms with Crippen LogP contribution in [0.25, 0.3) is 0 Å². The molecule has 0 bridgehead atoms. The first kappa shape index (κ1) is 12.1. The molecule has 0 heterocycles. The third-order valence-corrected chi connectivity index (χ3v) is 2.77. The third kappa shape index (κ3) is 3.92. The summed E-state index contributed by atoms with van der Waals surface area (Å²) in [6.45, 7) is 5.33. The first-order valence-corrected chi connectivity index (χ1v) is 5.84. The molecule has 0 aromatic heterocycles. The summed E-state index contributed by atoms with van der Waals surface area (Å²) in [5.41, 5.74) is 7.97. The predicted molar refractivity (Wildman–Crippen MR) is 66.7 cm³/mol. The van der Waals surface area contributed by atoms with Gasteiger partial charge in [0, 0.05) is 18.3 Å². The molecule has 0 aliphatic carbocycles. The van der Waals surface area contributed by atoms with Gasteiger partial charge in [0.1, 0.15) is 0 Å². The van der Waals surface area contributed by atoms with Gasteiger partial charge >= 0.3 is 0 Å². The normalized spacial score (nSPS) is 12.7. The highest BCUT2D eigenvalue weighted by Crippen LogP contribution is 2.11. The summed E-state index contributed by atoms with van der Waals surface area (Å²) >= 11 is 0. The number of rotatable bonds is 6. The highest BCUT2D eigenvalue weighted by Gasteiger charge is 2.04. The molecule has 0 amide bonds. The van der Waals surface area contributed by atoms with Crippen LogP contribution in [0.5, 0.6) is 0 Å². The number of nitrogen functional groups attached to an aromatic ring is 1. The maximum Gasteiger partial charge on any atom is 0.0359 e. The lowest BCUT2D eigenvalue weighted by atomic mass is 10.1. The standard InChI is InChI=1S/C13H22N2/c1-3-7-12(4-2)15-10-11-8-5-6-9-13(11)14/h5-6,8-9,12,15H,3-4,7,10,14H2,1-2H3. The Morgan fingerprint density at radius 2 is 2.00 bits per heavy atom. The van der Waals surface area contributed by atoms with E-state index >= 15 is 0 Å². The van der Waals surface area contributed by atoms with Crippen LogP contribution in [0.3, 0.4) is 0 Å². The molecule has 1 aromatic carbocycles. The van der Waals surface area contributed by atoms with Gasteiger partial charge < -0.3 is 11.1 Å². The second-order valence-corrected chi connectivity index (χ2v) is 3.97. The molecule has 15 heavy (non-hydrogen) atoms. The van der Waals surface area contributed by atoms with Crippen LogP contribution in [0.15, 0.2) is 24.3 Å². The quantitative estimate of drug-likeness (QED) is 0.702. The molecule has 0 spiro atoms. The van der Waals surface area contributed by atoms with Gasteiger partial charge in [0.2, 0.25) is 0 Å². The minimum Gasteiger partial charge on any atom is -0.398 e. The van der Waals surface area contributed by atoms with Crippen LogP contribution in [0, 0.1) is 0 Å². The van der Waals surface area contributed by atoms with E-state index in [1.54, 1.807) is 0 Å². The van der Waals surface area contributed by atoms with E-state index in [9.17, 15) is 0 Å². The number of para-hydroxylation sites is 1. The molecule has 84 valence electrons. The van der Waals surface area contributed by atoms with Crippen LogP contribution in [0.1, 0.15) is 38.7 Å². The molecule has 0 aliphatic heterocycles. The summed E-state index contributed by atoms with van der Waals surface area (Å²) in [7, 11) is 0. The molecule has 2 heteroatoms. The average molecular weight is 206 g/mol. The van der Waals surface area contributed by atoms with E-state index in [0.717, 1.165) is 12.2 Å². The van der Waals surface area contributed by atoms with Gasteiger partial charge in [-0.1, -0.05) is 38.5 Å². The number of hydrogen-bond acceptors (Lipinski definition) is 2. The van der Waals surface area contributed by atoms with Crippen LogP contribution < -0.4 is 11.1 Å². The summed E-state index contributed by atoms with van der Waals surface area (Å²) in [5.74, 6) is 0. The van der Waals surface area contributed by atoms with Crippen molar-refractivity contribution in [2.75, 3.05) is 5.73 Å². The summed E-state index contributed by atoms with van der Waals surface area (Å²) in [5, 5.41) is 3.55. The monoisotopic (exact) mass is 206 g/mol. The van der Waals surface area contributed by atoms with Gasteiger partial charge in [0.05, 0.1) is 0 Å². The molecule has 0 fully saturated rings. The SMILES string of the molecule is CCCC(CC)NCc1ccccc1N. The first-order valence-electron chi connectivity index (χ1n) is 5.84. The fourth-order valence-corrected chi connectivity index (χ4v) is 1.75. The van der Waals surface area contributed by atoms with Crippen LogP contribution in [-0.4, -0.2) is 6.04 Å². The Hall–Kier alpha value is -1.02. The third-order valence-electron chi connectivity index (χ3n) is 2.77. The Kier molecular flexibility index (Phi) is 5.19. The van der Waals surface area contributed by atoms with E-state index in [4.69, 9.17) is 5.73 Å². The Bertz CT molecular complexity index is 284. The van der Waals surface area contributed by atoms with Crippen molar-refractivity contribution in [2.24, 2.45) is 0 Å². The highest BCUT2D eigenvalue weighted by atomic mass is 14.9. The molecule has 0 aliphatic rings. The van der Waals surface area contributed by atoms with Gasteiger partial charge in [-0.15, -0.1) is 0 Å². The second-order valence-electron chi connectivity index (χ2n) is 3.97. The molecule has 2 nitrogen and oxygen atoms in total. The molecule has 3 N–H and O–H groups in total. The zero-order chi connectivity index (χ0) is 11.1. The van der Waals surface area contributed by atoms with Crippen molar-refractivity contribution in [3.05, 3.63) is 29.8 Å². The van der Waals surface area contributed by atoms with Crippen molar-refractivity contribution in [3.8, 4) is 0 Å². The molecular weight excluding hydrogens is 184 g/mol. The van der Waals surface area contributed by atoms with Gasteiger partial charge in [-0.3, -0.25) is 0 Å².